The van der Waals surface area contributed by atoms with Crippen LogP contribution in [0.1, 0.15) is 42.2 Å². The smallest absolute Gasteiger partial charge is 0.272 e. The van der Waals surface area contributed by atoms with Gasteiger partial charge >= 0.3 is 0 Å². The number of nitrogens with zero attached hydrogens (tertiary/aromatic N) is 3. The number of hydrogen-bond donors (Lipinski definition) is 0. The van der Waals surface area contributed by atoms with E-state index in [1.165, 1.54) is 29.5 Å². The van der Waals surface area contributed by atoms with E-state index >= 15 is 0 Å². The molecule has 0 bridgehead atoms. The summed E-state index contributed by atoms with van der Waals surface area (Å²) in [7, 11) is 0. The first kappa shape index (κ1) is 17.5. The Hall–Kier alpha value is -2.88. The van der Waals surface area contributed by atoms with Crippen LogP contribution in [0, 0.1) is 0 Å². The zero-order chi connectivity index (χ0) is 18.6. The zero-order valence-electron chi connectivity index (χ0n) is 15.8. The monoisotopic (exact) mass is 359 g/mol. The highest BCUT2D eigenvalue weighted by Gasteiger charge is 2.24. The molecular weight excluding hydrogens is 334 g/mol. The Labute approximate surface area is 160 Å². The van der Waals surface area contributed by atoms with Crippen LogP contribution in [0.2, 0.25) is 0 Å². The molecule has 4 rings (SSSR count). The van der Waals surface area contributed by atoms with Crippen molar-refractivity contribution < 1.29 is 4.79 Å². The van der Waals surface area contributed by atoms with E-state index < -0.39 is 0 Å². The fraction of sp³-hybridized carbons (Fsp3) is 0.304. The standard InChI is InChI=1S/C23H25N3O/c1-2-3-5-18-6-8-19(9-7-18)20-10-12-21(13-11-20)26-17-24-16-22(26)23(27)25-14-4-15-25/h6-13,16-17H,2-5,14-15H2,1H3. The second-order valence-electron chi connectivity index (χ2n) is 7.14. The fourth-order valence-electron chi connectivity index (χ4n) is 3.40. The topological polar surface area (TPSA) is 38.1 Å². The summed E-state index contributed by atoms with van der Waals surface area (Å²) < 4.78 is 1.87. The largest absolute Gasteiger partial charge is 0.337 e. The summed E-state index contributed by atoms with van der Waals surface area (Å²) in [6, 6.07) is 17.1. The minimum absolute atomic E-state index is 0.0606. The van der Waals surface area contributed by atoms with Crippen molar-refractivity contribution >= 4 is 5.91 Å². The molecule has 3 aromatic rings. The second-order valence-corrected chi connectivity index (χ2v) is 7.14. The number of aromatic nitrogens is 2. The lowest BCUT2D eigenvalue weighted by molar-refractivity contribution is 0.0643. The van der Waals surface area contributed by atoms with E-state index in [4.69, 9.17) is 0 Å². The summed E-state index contributed by atoms with van der Waals surface area (Å²) in [5.74, 6) is 0.0606. The van der Waals surface area contributed by atoms with E-state index in [0.717, 1.165) is 31.6 Å². The van der Waals surface area contributed by atoms with E-state index in [1.54, 1.807) is 12.5 Å². The molecule has 1 aromatic heterocycles. The van der Waals surface area contributed by atoms with E-state index in [-0.39, 0.29) is 5.91 Å². The third-order valence-electron chi connectivity index (χ3n) is 5.25. The number of hydrogen-bond acceptors (Lipinski definition) is 2. The Kier molecular flexibility index (Phi) is 5.05. The van der Waals surface area contributed by atoms with Crippen LogP contribution in [-0.4, -0.2) is 33.4 Å². The van der Waals surface area contributed by atoms with Crippen molar-refractivity contribution in [3.63, 3.8) is 0 Å². The van der Waals surface area contributed by atoms with Gasteiger partial charge in [-0.3, -0.25) is 9.36 Å². The van der Waals surface area contributed by atoms with Gasteiger partial charge in [-0.15, -0.1) is 0 Å². The van der Waals surface area contributed by atoms with Crippen molar-refractivity contribution in [1.29, 1.82) is 0 Å². The third kappa shape index (κ3) is 3.65. The van der Waals surface area contributed by atoms with Crippen molar-refractivity contribution in [2.45, 2.75) is 32.6 Å². The van der Waals surface area contributed by atoms with Gasteiger partial charge in [0.2, 0.25) is 0 Å². The van der Waals surface area contributed by atoms with Crippen molar-refractivity contribution in [1.82, 2.24) is 14.5 Å². The molecule has 1 saturated heterocycles. The first-order valence-electron chi connectivity index (χ1n) is 9.77. The minimum Gasteiger partial charge on any atom is -0.337 e. The summed E-state index contributed by atoms with van der Waals surface area (Å²) in [6.07, 6.45) is 8.06. The van der Waals surface area contributed by atoms with Crippen LogP contribution in [-0.2, 0) is 6.42 Å². The van der Waals surface area contributed by atoms with Crippen LogP contribution in [0.25, 0.3) is 16.8 Å². The van der Waals surface area contributed by atoms with E-state index in [0.29, 0.717) is 5.69 Å². The van der Waals surface area contributed by atoms with Crippen LogP contribution >= 0.6 is 0 Å². The summed E-state index contributed by atoms with van der Waals surface area (Å²) in [5, 5.41) is 0. The average molecular weight is 359 g/mol. The van der Waals surface area contributed by atoms with Gasteiger partial charge in [-0.05, 0) is 48.1 Å². The lowest BCUT2D eigenvalue weighted by atomic mass is 10.0. The van der Waals surface area contributed by atoms with Gasteiger partial charge in [0.1, 0.15) is 5.69 Å². The molecule has 0 spiro atoms. The molecule has 0 unspecified atom stereocenters. The predicted octanol–water partition coefficient (Wildman–Crippen LogP) is 4.73. The number of aryl methyl sites for hydroxylation is 1. The quantitative estimate of drug-likeness (QED) is 0.638. The molecule has 1 fully saturated rings. The summed E-state index contributed by atoms with van der Waals surface area (Å²) in [5.41, 5.74) is 5.37. The van der Waals surface area contributed by atoms with Crippen molar-refractivity contribution in [2.75, 3.05) is 13.1 Å². The Morgan fingerprint density at radius 1 is 1.00 bits per heavy atom. The van der Waals surface area contributed by atoms with Crippen LogP contribution in [0.4, 0.5) is 0 Å². The minimum atomic E-state index is 0.0606. The summed E-state index contributed by atoms with van der Waals surface area (Å²) in [4.78, 5) is 18.6. The molecule has 0 radical (unpaired) electrons. The number of carbonyl (C=O) groups excluding carboxylic acids is 1. The maximum Gasteiger partial charge on any atom is 0.272 e. The number of rotatable bonds is 6. The third-order valence-corrected chi connectivity index (χ3v) is 5.25. The van der Waals surface area contributed by atoms with Crippen molar-refractivity contribution in [2.24, 2.45) is 0 Å². The molecule has 0 atom stereocenters. The van der Waals surface area contributed by atoms with Crippen LogP contribution in [0.5, 0.6) is 0 Å². The van der Waals surface area contributed by atoms with Gasteiger partial charge in [0.25, 0.3) is 5.91 Å². The number of carbonyl (C=O) groups is 1. The number of likely N-dealkylation sites (tertiary alicyclic amines) is 1. The SMILES string of the molecule is CCCCc1ccc(-c2ccc(-n3cncc3C(=O)N3CCC3)cc2)cc1. The molecule has 1 amide bonds. The molecule has 2 heterocycles. The molecule has 0 saturated carbocycles. The summed E-state index contributed by atoms with van der Waals surface area (Å²) >= 11 is 0. The molecule has 27 heavy (non-hydrogen) atoms. The number of imidazole rings is 1. The fourth-order valence-corrected chi connectivity index (χ4v) is 3.40. The Morgan fingerprint density at radius 2 is 1.67 bits per heavy atom. The van der Waals surface area contributed by atoms with E-state index in [9.17, 15) is 4.79 Å². The Bertz CT molecular complexity index is 906. The second kappa shape index (κ2) is 7.78. The molecule has 2 aromatic carbocycles. The highest BCUT2D eigenvalue weighted by Crippen LogP contribution is 2.23. The maximum absolute atomic E-state index is 12.5. The highest BCUT2D eigenvalue weighted by molar-refractivity contribution is 5.93. The molecule has 0 aliphatic carbocycles. The zero-order valence-corrected chi connectivity index (χ0v) is 15.8. The van der Waals surface area contributed by atoms with Gasteiger partial charge in [0, 0.05) is 18.8 Å². The number of benzene rings is 2. The van der Waals surface area contributed by atoms with Gasteiger partial charge in [-0.2, -0.15) is 0 Å². The maximum atomic E-state index is 12.5. The summed E-state index contributed by atoms with van der Waals surface area (Å²) in [6.45, 7) is 3.91. The highest BCUT2D eigenvalue weighted by atomic mass is 16.2. The van der Waals surface area contributed by atoms with Gasteiger partial charge in [0.05, 0.1) is 12.5 Å². The predicted molar refractivity (Wildman–Crippen MR) is 108 cm³/mol. The van der Waals surface area contributed by atoms with Gasteiger partial charge in [-0.25, -0.2) is 4.98 Å². The molecular formula is C23H25N3O. The molecule has 1 aliphatic heterocycles. The average Bonchev–Trinajstić information content (AvgIpc) is 3.15. The van der Waals surface area contributed by atoms with Crippen molar-refractivity contribution in [3.8, 4) is 16.8 Å². The molecule has 138 valence electrons. The lowest BCUT2D eigenvalue weighted by Gasteiger charge is -2.30. The molecule has 4 heteroatoms. The Balaban J connectivity index is 1.53. The van der Waals surface area contributed by atoms with Crippen molar-refractivity contribution in [3.05, 3.63) is 72.3 Å². The first-order valence-corrected chi connectivity index (χ1v) is 9.77. The van der Waals surface area contributed by atoms with Gasteiger partial charge < -0.3 is 4.90 Å². The van der Waals surface area contributed by atoms with Crippen LogP contribution < -0.4 is 0 Å². The van der Waals surface area contributed by atoms with Gasteiger partial charge in [0.15, 0.2) is 0 Å². The van der Waals surface area contributed by atoms with Crippen LogP contribution in [0.3, 0.4) is 0 Å². The van der Waals surface area contributed by atoms with E-state index in [1.807, 2.05) is 9.47 Å². The van der Waals surface area contributed by atoms with E-state index in [2.05, 4.69) is 60.4 Å². The lowest BCUT2D eigenvalue weighted by Crippen LogP contribution is -2.42. The molecule has 1 aliphatic rings. The molecule has 0 N–H and O–H groups in total. The van der Waals surface area contributed by atoms with Gasteiger partial charge in [-0.1, -0.05) is 49.7 Å². The molecule has 4 nitrogen and oxygen atoms in total. The number of amides is 1. The van der Waals surface area contributed by atoms with Crippen LogP contribution in [0.15, 0.2) is 61.1 Å². The Morgan fingerprint density at radius 3 is 2.26 bits per heavy atom. The number of unbranched alkanes of at least 4 members (excludes halogenated alkanes) is 1. The normalized spacial score (nSPS) is 13.4. The first-order chi connectivity index (χ1) is 13.3.